The van der Waals surface area contributed by atoms with Crippen LogP contribution in [0.1, 0.15) is 41.0 Å². The highest BCUT2D eigenvalue weighted by molar-refractivity contribution is 5.84. The highest BCUT2D eigenvalue weighted by Crippen LogP contribution is 2.26. The number of carbonyl (C=O) groups is 2. The van der Waals surface area contributed by atoms with Crippen molar-refractivity contribution in [3.05, 3.63) is 0 Å². The van der Waals surface area contributed by atoms with E-state index in [-0.39, 0.29) is 0 Å². The second-order valence-electron chi connectivity index (χ2n) is 5.51. The quantitative estimate of drug-likeness (QED) is 0.820. The smallest absolute Gasteiger partial charge is 0.408 e. The van der Waals surface area contributed by atoms with Gasteiger partial charge in [0.15, 0.2) is 0 Å². The first-order valence-corrected chi connectivity index (χ1v) is 5.38. The maximum atomic E-state index is 12.9. The van der Waals surface area contributed by atoms with E-state index >= 15 is 0 Å². The molecule has 0 heterocycles. The number of amides is 1. The molecule has 2 N–H and O–H groups in total. The zero-order valence-electron chi connectivity index (χ0n) is 11.1. The van der Waals surface area contributed by atoms with E-state index in [1.165, 1.54) is 0 Å². The number of carboxylic acid groups (broad SMARTS) is 1. The van der Waals surface area contributed by atoms with Crippen molar-refractivity contribution in [2.75, 3.05) is 0 Å². The predicted molar refractivity (Wildman–Crippen MR) is 60.6 cm³/mol. The molecule has 0 aromatic rings. The summed E-state index contributed by atoms with van der Waals surface area (Å²) in [5.41, 5.74) is -2.92. The minimum atomic E-state index is -3.22. The van der Waals surface area contributed by atoms with Crippen molar-refractivity contribution in [3.8, 4) is 0 Å². The van der Waals surface area contributed by atoms with Gasteiger partial charge in [0.1, 0.15) is 11.1 Å². The van der Waals surface area contributed by atoms with Gasteiger partial charge >= 0.3 is 12.1 Å². The van der Waals surface area contributed by atoms with Crippen LogP contribution in [0.15, 0.2) is 0 Å². The van der Waals surface area contributed by atoms with Crippen molar-refractivity contribution in [1.29, 1.82) is 0 Å². The zero-order chi connectivity index (χ0) is 14.8. The summed E-state index contributed by atoms with van der Waals surface area (Å²) in [6, 6.07) is 0. The topological polar surface area (TPSA) is 75.6 Å². The number of alkyl halides is 2. The molecule has 106 valence electrons. The predicted octanol–water partition coefficient (Wildman–Crippen LogP) is 2.40. The molecule has 0 spiro atoms. The van der Waals surface area contributed by atoms with Crippen LogP contribution in [0.3, 0.4) is 0 Å². The Morgan fingerprint density at radius 1 is 1.17 bits per heavy atom. The Balaban J connectivity index is 4.84. The highest BCUT2D eigenvalue weighted by atomic mass is 19.3. The van der Waals surface area contributed by atoms with E-state index in [1.54, 1.807) is 20.8 Å². The van der Waals surface area contributed by atoms with Crippen molar-refractivity contribution < 1.29 is 28.2 Å². The fourth-order valence-electron chi connectivity index (χ4n) is 1.32. The van der Waals surface area contributed by atoms with Gasteiger partial charge in [-0.2, -0.15) is 0 Å². The van der Waals surface area contributed by atoms with Crippen molar-refractivity contribution in [3.63, 3.8) is 0 Å². The first-order chi connectivity index (χ1) is 7.75. The second-order valence-corrected chi connectivity index (χ2v) is 5.51. The molecule has 1 amide bonds. The molecule has 0 rings (SSSR count). The van der Waals surface area contributed by atoms with Gasteiger partial charge in [-0.15, -0.1) is 0 Å². The van der Waals surface area contributed by atoms with E-state index < -0.39 is 35.5 Å². The van der Waals surface area contributed by atoms with Gasteiger partial charge in [0, 0.05) is 6.42 Å². The average molecular weight is 267 g/mol. The Kier molecular flexibility index (Phi) is 4.68. The fraction of sp³-hybridized carbons (Fsp3) is 0.818. The van der Waals surface area contributed by atoms with E-state index in [4.69, 9.17) is 9.84 Å². The SMILES string of the molecule is CC(F)(F)C[C@](C)(NC(=O)OC(C)(C)C)C(=O)O. The first kappa shape index (κ1) is 16.6. The number of alkyl carbamates (subject to hydrolysis) is 1. The summed E-state index contributed by atoms with van der Waals surface area (Å²) in [6.45, 7) is 6.35. The summed E-state index contributed by atoms with van der Waals surface area (Å²) in [6.07, 6.45) is -2.06. The number of halogens is 2. The Bertz CT molecular complexity index is 333. The maximum Gasteiger partial charge on any atom is 0.408 e. The Hall–Kier alpha value is -1.40. The molecule has 0 aliphatic rings. The molecule has 0 aromatic heterocycles. The van der Waals surface area contributed by atoms with Gasteiger partial charge in [0.05, 0.1) is 0 Å². The molecule has 7 heteroatoms. The van der Waals surface area contributed by atoms with Crippen LogP contribution in [0.4, 0.5) is 13.6 Å². The van der Waals surface area contributed by atoms with Gasteiger partial charge in [-0.25, -0.2) is 18.4 Å². The average Bonchev–Trinajstić information content (AvgIpc) is 1.94. The molecule has 0 aromatic carbocycles. The summed E-state index contributed by atoms with van der Waals surface area (Å²) < 4.78 is 30.7. The maximum absolute atomic E-state index is 12.9. The second kappa shape index (κ2) is 5.07. The zero-order valence-corrected chi connectivity index (χ0v) is 11.1. The van der Waals surface area contributed by atoms with Gasteiger partial charge in [-0.05, 0) is 34.6 Å². The van der Waals surface area contributed by atoms with Crippen LogP contribution < -0.4 is 5.32 Å². The molecule has 0 fully saturated rings. The molecule has 0 radical (unpaired) electrons. The Morgan fingerprint density at radius 2 is 1.61 bits per heavy atom. The van der Waals surface area contributed by atoms with E-state index in [2.05, 4.69) is 0 Å². The first-order valence-electron chi connectivity index (χ1n) is 5.38. The molecular formula is C11H19F2NO4. The number of hydrogen-bond acceptors (Lipinski definition) is 3. The molecule has 5 nitrogen and oxygen atoms in total. The van der Waals surface area contributed by atoms with Gasteiger partial charge in [-0.1, -0.05) is 0 Å². The largest absolute Gasteiger partial charge is 0.480 e. The lowest BCUT2D eigenvalue weighted by Gasteiger charge is -2.30. The monoisotopic (exact) mass is 267 g/mol. The summed E-state index contributed by atoms with van der Waals surface area (Å²) in [7, 11) is 0. The van der Waals surface area contributed by atoms with Crippen molar-refractivity contribution in [2.45, 2.75) is 58.1 Å². The van der Waals surface area contributed by atoms with Crippen molar-refractivity contribution >= 4 is 12.1 Å². The number of rotatable bonds is 4. The van der Waals surface area contributed by atoms with Gasteiger partial charge in [0.25, 0.3) is 0 Å². The van der Waals surface area contributed by atoms with Crippen LogP contribution in [0.2, 0.25) is 0 Å². The summed E-state index contributed by atoms with van der Waals surface area (Å²) in [4.78, 5) is 22.4. The Labute approximate surface area is 105 Å². The number of nitrogens with one attached hydrogen (secondary N) is 1. The molecule has 1 atom stereocenters. The third-order valence-corrected chi connectivity index (χ3v) is 1.91. The van der Waals surface area contributed by atoms with E-state index in [1.807, 2.05) is 5.32 Å². The van der Waals surface area contributed by atoms with Gasteiger partial charge in [-0.3, -0.25) is 0 Å². The summed E-state index contributed by atoms with van der Waals surface area (Å²) >= 11 is 0. The van der Waals surface area contributed by atoms with E-state index in [0.29, 0.717) is 6.92 Å². The van der Waals surface area contributed by atoms with Crippen LogP contribution in [0.25, 0.3) is 0 Å². The number of hydrogen-bond donors (Lipinski definition) is 2. The van der Waals surface area contributed by atoms with Crippen molar-refractivity contribution in [2.24, 2.45) is 0 Å². The van der Waals surface area contributed by atoms with Crippen LogP contribution in [-0.2, 0) is 9.53 Å². The number of carboxylic acids is 1. The summed E-state index contributed by atoms with van der Waals surface area (Å²) in [5, 5.41) is 10.9. The lowest BCUT2D eigenvalue weighted by molar-refractivity contribution is -0.148. The standard InChI is InChI=1S/C11H19F2NO4/c1-9(2,3)18-8(17)14-10(4,7(15)16)6-11(5,12)13/h6H2,1-5H3,(H,14,17)(H,15,16)/t10-/m0/s1. The Morgan fingerprint density at radius 3 is 1.89 bits per heavy atom. The minimum absolute atomic E-state index is 0.588. The van der Waals surface area contributed by atoms with E-state index in [9.17, 15) is 18.4 Å². The normalized spacial score (nSPS) is 15.7. The summed E-state index contributed by atoms with van der Waals surface area (Å²) in [5.74, 6) is -4.77. The third kappa shape index (κ3) is 6.36. The number of aliphatic carboxylic acids is 1. The molecule has 0 saturated carbocycles. The third-order valence-electron chi connectivity index (χ3n) is 1.91. The van der Waals surface area contributed by atoms with E-state index in [0.717, 1.165) is 6.92 Å². The molecular weight excluding hydrogens is 248 g/mol. The van der Waals surface area contributed by atoms with Gasteiger partial charge in [0.2, 0.25) is 5.92 Å². The minimum Gasteiger partial charge on any atom is -0.480 e. The molecule has 18 heavy (non-hydrogen) atoms. The number of ether oxygens (including phenoxy) is 1. The fourth-order valence-corrected chi connectivity index (χ4v) is 1.32. The van der Waals surface area contributed by atoms with Crippen LogP contribution in [0, 0.1) is 0 Å². The van der Waals surface area contributed by atoms with Gasteiger partial charge < -0.3 is 15.2 Å². The lowest BCUT2D eigenvalue weighted by atomic mass is 9.94. The molecule has 0 saturated heterocycles. The molecule has 0 aliphatic heterocycles. The lowest BCUT2D eigenvalue weighted by Crippen LogP contribution is -2.55. The highest BCUT2D eigenvalue weighted by Gasteiger charge is 2.43. The van der Waals surface area contributed by atoms with Crippen LogP contribution in [-0.4, -0.2) is 34.2 Å². The van der Waals surface area contributed by atoms with Crippen molar-refractivity contribution in [1.82, 2.24) is 5.32 Å². The molecule has 0 aliphatic carbocycles. The number of carbonyl (C=O) groups excluding carboxylic acids is 1. The van der Waals surface area contributed by atoms with Crippen LogP contribution >= 0.6 is 0 Å². The molecule has 0 bridgehead atoms. The molecule has 0 unspecified atom stereocenters. The van der Waals surface area contributed by atoms with Crippen LogP contribution in [0.5, 0.6) is 0 Å².